The number of amides is 1. The van der Waals surface area contributed by atoms with E-state index >= 15 is 0 Å². The first kappa shape index (κ1) is 21.4. The second-order valence-electron chi connectivity index (χ2n) is 8.63. The molecule has 0 radical (unpaired) electrons. The van der Waals surface area contributed by atoms with Crippen LogP contribution in [0.15, 0.2) is 34.9 Å². The molecule has 2 aromatic heterocycles. The van der Waals surface area contributed by atoms with E-state index in [1.807, 2.05) is 32.6 Å². The van der Waals surface area contributed by atoms with E-state index in [0.717, 1.165) is 6.20 Å². The molecule has 31 heavy (non-hydrogen) atoms. The zero-order chi connectivity index (χ0) is 22.3. The molecule has 1 atom stereocenters. The van der Waals surface area contributed by atoms with Crippen molar-refractivity contribution < 1.29 is 18.3 Å². The van der Waals surface area contributed by atoms with Gasteiger partial charge in [0.15, 0.2) is 5.58 Å². The number of anilines is 1. The van der Waals surface area contributed by atoms with Gasteiger partial charge in [-0.2, -0.15) is 4.98 Å². The van der Waals surface area contributed by atoms with Crippen molar-refractivity contribution in [2.24, 2.45) is 0 Å². The lowest BCUT2D eigenvalue weighted by Gasteiger charge is -2.39. The van der Waals surface area contributed by atoms with Gasteiger partial charge in [-0.15, -0.1) is 0 Å². The van der Waals surface area contributed by atoms with Crippen LogP contribution in [0.5, 0.6) is 0 Å². The molecule has 0 aliphatic carbocycles. The highest BCUT2D eigenvalue weighted by Gasteiger charge is 2.32. The molecular weight excluding hydrogens is 423 g/mol. The smallest absolute Gasteiger partial charge is 0.410 e. The minimum absolute atomic E-state index is 0.0304. The molecule has 1 unspecified atom stereocenters. The van der Waals surface area contributed by atoms with E-state index in [9.17, 15) is 9.18 Å². The van der Waals surface area contributed by atoms with Crippen LogP contribution in [0, 0.1) is 5.82 Å². The number of aromatic nitrogens is 2. The number of piperazine rings is 1. The van der Waals surface area contributed by atoms with E-state index in [-0.39, 0.29) is 12.1 Å². The van der Waals surface area contributed by atoms with E-state index in [1.165, 1.54) is 6.07 Å². The van der Waals surface area contributed by atoms with Crippen molar-refractivity contribution in [2.45, 2.75) is 39.3 Å². The number of oxazole rings is 1. The summed E-state index contributed by atoms with van der Waals surface area (Å²) in [6.45, 7) is 9.07. The summed E-state index contributed by atoms with van der Waals surface area (Å²) in [6, 6.07) is 6.77. The zero-order valence-electron chi connectivity index (χ0n) is 17.9. The van der Waals surface area contributed by atoms with E-state index in [1.54, 1.807) is 23.1 Å². The number of hydrogen-bond acceptors (Lipinski definition) is 6. The molecule has 3 aromatic rings. The maximum Gasteiger partial charge on any atom is 0.410 e. The standard InChI is InChI=1S/C22H24ClFN4O3/c1-13-12-27(21(29)31-22(2,3)4)7-8-28(13)20-26-18-10-14(23)9-16(19(18)30-20)17-6-5-15(24)11-25-17/h5-6,9-11,13H,7-8,12H2,1-4H3. The van der Waals surface area contributed by atoms with Crippen molar-refractivity contribution in [2.75, 3.05) is 24.5 Å². The highest BCUT2D eigenvalue weighted by atomic mass is 35.5. The Morgan fingerprint density at radius 3 is 2.71 bits per heavy atom. The Bertz CT molecular complexity index is 1110. The summed E-state index contributed by atoms with van der Waals surface area (Å²) < 4.78 is 24.9. The van der Waals surface area contributed by atoms with Crippen LogP contribution in [-0.2, 0) is 4.74 Å². The van der Waals surface area contributed by atoms with Crippen LogP contribution < -0.4 is 4.90 Å². The Morgan fingerprint density at radius 1 is 1.29 bits per heavy atom. The highest BCUT2D eigenvalue weighted by Crippen LogP contribution is 2.34. The lowest BCUT2D eigenvalue weighted by Crippen LogP contribution is -2.54. The fraction of sp³-hybridized carbons (Fsp3) is 0.409. The monoisotopic (exact) mass is 446 g/mol. The van der Waals surface area contributed by atoms with E-state index in [4.69, 9.17) is 20.8 Å². The average molecular weight is 447 g/mol. The first-order chi connectivity index (χ1) is 14.6. The lowest BCUT2D eigenvalue weighted by atomic mass is 10.1. The first-order valence-corrected chi connectivity index (χ1v) is 10.4. The third-order valence-corrected chi connectivity index (χ3v) is 5.19. The molecule has 4 rings (SSSR count). The summed E-state index contributed by atoms with van der Waals surface area (Å²) in [5.74, 6) is -0.419. The number of nitrogens with zero attached hydrogens (tertiary/aromatic N) is 4. The number of rotatable bonds is 2. The van der Waals surface area contributed by atoms with Crippen molar-refractivity contribution in [1.29, 1.82) is 0 Å². The van der Waals surface area contributed by atoms with Crippen LogP contribution >= 0.6 is 11.6 Å². The second-order valence-corrected chi connectivity index (χ2v) is 9.06. The summed E-state index contributed by atoms with van der Waals surface area (Å²) in [5.41, 5.74) is 1.76. The van der Waals surface area contributed by atoms with Gasteiger partial charge in [-0.25, -0.2) is 9.18 Å². The van der Waals surface area contributed by atoms with Gasteiger partial charge in [0.05, 0.1) is 11.9 Å². The Labute approximate surface area is 184 Å². The molecule has 9 heteroatoms. The summed E-state index contributed by atoms with van der Waals surface area (Å²) in [4.78, 5) is 24.9. The number of carbonyl (C=O) groups excluding carboxylic acids is 1. The molecule has 1 aliphatic heterocycles. The third kappa shape index (κ3) is 4.58. The third-order valence-electron chi connectivity index (χ3n) is 4.97. The molecule has 1 aromatic carbocycles. The predicted octanol–water partition coefficient (Wildman–Crippen LogP) is 5.13. The summed E-state index contributed by atoms with van der Waals surface area (Å²) in [5, 5.41) is 0.483. The van der Waals surface area contributed by atoms with Crippen LogP contribution in [0.2, 0.25) is 5.02 Å². The molecule has 1 saturated heterocycles. The minimum atomic E-state index is -0.540. The molecule has 3 heterocycles. The van der Waals surface area contributed by atoms with Gasteiger partial charge < -0.3 is 19.0 Å². The highest BCUT2D eigenvalue weighted by molar-refractivity contribution is 6.31. The second kappa shape index (κ2) is 8.00. The van der Waals surface area contributed by atoms with Crippen LogP contribution in [-0.4, -0.2) is 52.2 Å². The lowest BCUT2D eigenvalue weighted by molar-refractivity contribution is 0.0216. The average Bonchev–Trinajstić information content (AvgIpc) is 3.10. The van der Waals surface area contributed by atoms with Gasteiger partial charge >= 0.3 is 6.09 Å². The van der Waals surface area contributed by atoms with Crippen molar-refractivity contribution in [3.8, 4) is 11.3 Å². The normalized spacial score (nSPS) is 17.3. The van der Waals surface area contributed by atoms with Crippen molar-refractivity contribution in [3.05, 3.63) is 41.3 Å². The van der Waals surface area contributed by atoms with Gasteiger partial charge in [-0.05, 0) is 52.0 Å². The van der Waals surface area contributed by atoms with Crippen LogP contribution in [0.25, 0.3) is 22.4 Å². The molecule has 164 valence electrons. The number of fused-ring (bicyclic) bond motifs is 1. The summed E-state index contributed by atoms with van der Waals surface area (Å²) in [7, 11) is 0. The van der Waals surface area contributed by atoms with Crippen molar-refractivity contribution >= 4 is 34.8 Å². The van der Waals surface area contributed by atoms with E-state index in [2.05, 4.69) is 9.97 Å². The van der Waals surface area contributed by atoms with Gasteiger partial charge in [0.2, 0.25) is 0 Å². The zero-order valence-corrected chi connectivity index (χ0v) is 18.6. The Morgan fingerprint density at radius 2 is 2.06 bits per heavy atom. The van der Waals surface area contributed by atoms with Crippen LogP contribution in [0.4, 0.5) is 15.2 Å². The topological polar surface area (TPSA) is 71.7 Å². The number of carbonyl (C=O) groups is 1. The van der Waals surface area contributed by atoms with Gasteiger partial charge in [0.1, 0.15) is 16.9 Å². The number of halogens is 2. The van der Waals surface area contributed by atoms with Gasteiger partial charge in [-0.3, -0.25) is 4.98 Å². The molecule has 1 fully saturated rings. The quantitative estimate of drug-likeness (QED) is 0.543. The number of ether oxygens (including phenoxy) is 1. The number of pyridine rings is 1. The summed E-state index contributed by atoms with van der Waals surface area (Å²) in [6.07, 6.45) is 0.824. The fourth-order valence-electron chi connectivity index (χ4n) is 3.57. The molecular formula is C22H24ClFN4O3. The largest absolute Gasteiger partial charge is 0.444 e. The predicted molar refractivity (Wildman–Crippen MR) is 117 cm³/mol. The Kier molecular flexibility index (Phi) is 5.51. The first-order valence-electron chi connectivity index (χ1n) is 10.1. The van der Waals surface area contributed by atoms with E-state index in [0.29, 0.717) is 53.0 Å². The maximum atomic E-state index is 13.3. The maximum absolute atomic E-state index is 13.3. The van der Waals surface area contributed by atoms with Gasteiger partial charge in [0, 0.05) is 36.3 Å². The Hall–Kier alpha value is -2.87. The van der Waals surface area contributed by atoms with Crippen molar-refractivity contribution in [1.82, 2.24) is 14.9 Å². The minimum Gasteiger partial charge on any atom is -0.444 e. The molecule has 1 amide bonds. The number of benzene rings is 1. The Balaban J connectivity index is 1.60. The van der Waals surface area contributed by atoms with Crippen LogP contribution in [0.1, 0.15) is 27.7 Å². The molecule has 0 spiro atoms. The molecule has 7 nitrogen and oxygen atoms in total. The molecule has 0 N–H and O–H groups in total. The molecule has 0 saturated carbocycles. The van der Waals surface area contributed by atoms with Gasteiger partial charge in [-0.1, -0.05) is 11.6 Å². The van der Waals surface area contributed by atoms with Crippen LogP contribution in [0.3, 0.4) is 0 Å². The van der Waals surface area contributed by atoms with Gasteiger partial charge in [0.25, 0.3) is 6.01 Å². The number of hydrogen-bond donors (Lipinski definition) is 0. The van der Waals surface area contributed by atoms with E-state index < -0.39 is 11.4 Å². The molecule has 1 aliphatic rings. The SMILES string of the molecule is CC1CN(C(=O)OC(C)(C)C)CCN1c1nc2cc(Cl)cc(-c3ccc(F)cn3)c2o1. The molecule has 0 bridgehead atoms. The fourth-order valence-corrected chi connectivity index (χ4v) is 3.78. The summed E-state index contributed by atoms with van der Waals surface area (Å²) >= 11 is 6.28. The van der Waals surface area contributed by atoms with Crippen molar-refractivity contribution in [3.63, 3.8) is 0 Å².